The van der Waals surface area contributed by atoms with Gasteiger partial charge in [-0.15, -0.1) is 11.3 Å². The smallest absolute Gasteiger partial charge is 0.0887 e. The molecule has 0 fully saturated rings. The standard InChI is InChI=1S/C12H8Br3ClS/c1-6-4-7(13)2-3-8(6)11(14)10-5-9(16)12(15)17-10/h2-5,11H,1H3. The zero-order chi connectivity index (χ0) is 12.6. The van der Waals surface area contributed by atoms with Gasteiger partial charge in [0.1, 0.15) is 0 Å². The molecular formula is C12H8Br3ClS. The van der Waals surface area contributed by atoms with Gasteiger partial charge in [0, 0.05) is 9.35 Å². The van der Waals surface area contributed by atoms with Gasteiger partial charge in [-0.25, -0.2) is 0 Å². The van der Waals surface area contributed by atoms with Gasteiger partial charge in [0.25, 0.3) is 0 Å². The average Bonchev–Trinajstić information content (AvgIpc) is 2.58. The molecule has 0 spiro atoms. The summed E-state index contributed by atoms with van der Waals surface area (Å²) in [6.45, 7) is 2.11. The van der Waals surface area contributed by atoms with Gasteiger partial charge in [0.15, 0.2) is 0 Å². The normalized spacial score (nSPS) is 12.8. The van der Waals surface area contributed by atoms with Crippen LogP contribution in [0.3, 0.4) is 0 Å². The van der Waals surface area contributed by atoms with Crippen LogP contribution < -0.4 is 0 Å². The van der Waals surface area contributed by atoms with Crippen molar-refractivity contribution in [2.24, 2.45) is 0 Å². The Kier molecular flexibility index (Phi) is 4.75. The highest BCUT2D eigenvalue weighted by molar-refractivity contribution is 9.11. The number of hydrogen-bond acceptors (Lipinski definition) is 1. The fourth-order valence-electron chi connectivity index (χ4n) is 1.56. The Bertz CT molecular complexity index is 531. The van der Waals surface area contributed by atoms with Crippen molar-refractivity contribution in [2.75, 3.05) is 0 Å². The Morgan fingerprint density at radius 3 is 2.47 bits per heavy atom. The lowest BCUT2D eigenvalue weighted by atomic mass is 10.1. The van der Waals surface area contributed by atoms with Crippen LogP contribution in [0.2, 0.25) is 5.02 Å². The van der Waals surface area contributed by atoms with E-state index in [0.717, 1.165) is 13.3 Å². The summed E-state index contributed by atoms with van der Waals surface area (Å²) in [5.74, 6) is 0. The Morgan fingerprint density at radius 1 is 1.24 bits per heavy atom. The molecule has 0 saturated carbocycles. The van der Waals surface area contributed by atoms with Gasteiger partial charge in [0.05, 0.1) is 13.6 Å². The summed E-state index contributed by atoms with van der Waals surface area (Å²) in [7, 11) is 0. The third-order valence-electron chi connectivity index (χ3n) is 2.42. The van der Waals surface area contributed by atoms with E-state index in [0.29, 0.717) is 0 Å². The molecule has 1 aromatic heterocycles. The Balaban J connectivity index is 2.39. The van der Waals surface area contributed by atoms with E-state index in [4.69, 9.17) is 11.6 Å². The molecule has 0 aliphatic rings. The number of hydrogen-bond donors (Lipinski definition) is 0. The van der Waals surface area contributed by atoms with E-state index in [-0.39, 0.29) is 4.83 Å². The van der Waals surface area contributed by atoms with E-state index in [9.17, 15) is 0 Å². The zero-order valence-corrected chi connectivity index (χ0v) is 15.1. The molecule has 1 heterocycles. The molecule has 1 atom stereocenters. The van der Waals surface area contributed by atoms with Gasteiger partial charge in [-0.05, 0) is 52.2 Å². The van der Waals surface area contributed by atoms with Crippen molar-refractivity contribution in [2.45, 2.75) is 11.8 Å². The zero-order valence-electron chi connectivity index (χ0n) is 8.81. The quantitative estimate of drug-likeness (QED) is 0.438. The number of halogens is 4. The number of alkyl halides is 1. The van der Waals surface area contributed by atoms with Crippen LogP contribution >= 0.6 is 70.7 Å². The summed E-state index contributed by atoms with van der Waals surface area (Å²) in [6.07, 6.45) is 0. The summed E-state index contributed by atoms with van der Waals surface area (Å²) in [5, 5.41) is 0.768. The molecule has 0 aliphatic carbocycles. The minimum Gasteiger partial charge on any atom is -0.130 e. The molecule has 2 aromatic rings. The predicted molar refractivity (Wildman–Crippen MR) is 86.7 cm³/mol. The molecule has 0 amide bonds. The van der Waals surface area contributed by atoms with Crippen LogP contribution in [0.15, 0.2) is 32.5 Å². The molecule has 17 heavy (non-hydrogen) atoms. The Morgan fingerprint density at radius 2 is 1.94 bits per heavy atom. The van der Waals surface area contributed by atoms with Crippen LogP contribution in [0.25, 0.3) is 0 Å². The second-order valence-corrected chi connectivity index (χ2v) is 8.27. The molecule has 90 valence electrons. The second kappa shape index (κ2) is 5.74. The Labute approximate surface area is 135 Å². The molecular weight excluding hydrogens is 451 g/mol. The molecule has 0 radical (unpaired) electrons. The number of aryl methyl sites for hydroxylation is 1. The van der Waals surface area contributed by atoms with Crippen molar-refractivity contribution in [3.63, 3.8) is 0 Å². The minimum absolute atomic E-state index is 0.185. The van der Waals surface area contributed by atoms with Crippen molar-refractivity contribution in [3.8, 4) is 0 Å². The van der Waals surface area contributed by atoms with Gasteiger partial charge in [-0.3, -0.25) is 0 Å². The molecule has 0 N–H and O–H groups in total. The topological polar surface area (TPSA) is 0 Å². The molecule has 0 nitrogen and oxygen atoms in total. The number of thiophene rings is 1. The van der Waals surface area contributed by atoms with Gasteiger partial charge in [-0.2, -0.15) is 0 Å². The molecule has 0 aliphatic heterocycles. The van der Waals surface area contributed by atoms with Crippen LogP contribution in [0, 0.1) is 6.92 Å². The van der Waals surface area contributed by atoms with Crippen molar-refractivity contribution >= 4 is 70.7 Å². The predicted octanol–water partition coefficient (Wildman–Crippen LogP) is 6.72. The average molecular weight is 459 g/mol. The first-order valence-electron chi connectivity index (χ1n) is 4.84. The first kappa shape index (κ1) is 14.1. The van der Waals surface area contributed by atoms with E-state index in [1.54, 1.807) is 11.3 Å². The summed E-state index contributed by atoms with van der Waals surface area (Å²) < 4.78 is 2.08. The molecule has 1 aromatic carbocycles. The highest BCUT2D eigenvalue weighted by atomic mass is 79.9. The third kappa shape index (κ3) is 3.16. The van der Waals surface area contributed by atoms with E-state index in [1.807, 2.05) is 6.07 Å². The van der Waals surface area contributed by atoms with Crippen LogP contribution in [0.1, 0.15) is 20.8 Å². The first-order valence-corrected chi connectivity index (χ1v) is 8.53. The van der Waals surface area contributed by atoms with Crippen LogP contribution in [-0.4, -0.2) is 0 Å². The summed E-state index contributed by atoms with van der Waals surface area (Å²) in [5.41, 5.74) is 2.51. The number of rotatable bonds is 2. The molecule has 0 bridgehead atoms. The molecule has 0 saturated heterocycles. The van der Waals surface area contributed by atoms with Gasteiger partial charge in [-0.1, -0.05) is 49.5 Å². The van der Waals surface area contributed by atoms with E-state index < -0.39 is 0 Å². The third-order valence-corrected chi connectivity index (χ3v) is 6.74. The number of benzene rings is 1. The van der Waals surface area contributed by atoms with Gasteiger partial charge in [0.2, 0.25) is 0 Å². The molecule has 5 heteroatoms. The maximum Gasteiger partial charge on any atom is 0.0887 e. The lowest BCUT2D eigenvalue weighted by Crippen LogP contribution is -1.93. The lowest BCUT2D eigenvalue weighted by molar-refractivity contribution is 1.17. The molecule has 2 rings (SSSR count). The van der Waals surface area contributed by atoms with Gasteiger partial charge >= 0.3 is 0 Å². The van der Waals surface area contributed by atoms with Crippen molar-refractivity contribution in [3.05, 3.63) is 53.6 Å². The summed E-state index contributed by atoms with van der Waals surface area (Å²) in [6, 6.07) is 8.30. The lowest BCUT2D eigenvalue weighted by Gasteiger charge is -2.11. The fourth-order valence-corrected chi connectivity index (χ4v) is 4.71. The highest BCUT2D eigenvalue weighted by Crippen LogP contribution is 2.42. The van der Waals surface area contributed by atoms with Crippen molar-refractivity contribution < 1.29 is 0 Å². The fraction of sp³-hybridized carbons (Fsp3) is 0.167. The maximum atomic E-state index is 6.06. The molecule has 1 unspecified atom stereocenters. The monoisotopic (exact) mass is 456 g/mol. The van der Waals surface area contributed by atoms with Crippen molar-refractivity contribution in [1.29, 1.82) is 0 Å². The summed E-state index contributed by atoms with van der Waals surface area (Å²) in [4.78, 5) is 1.39. The van der Waals surface area contributed by atoms with E-state index >= 15 is 0 Å². The van der Waals surface area contributed by atoms with Gasteiger partial charge < -0.3 is 0 Å². The first-order chi connectivity index (χ1) is 7.99. The van der Waals surface area contributed by atoms with Crippen LogP contribution in [0.5, 0.6) is 0 Å². The SMILES string of the molecule is Cc1cc(Br)ccc1C(Br)c1cc(Cl)c(Br)s1. The van der Waals surface area contributed by atoms with Crippen LogP contribution in [0.4, 0.5) is 0 Å². The summed E-state index contributed by atoms with van der Waals surface area (Å²) >= 11 is 18.4. The highest BCUT2D eigenvalue weighted by Gasteiger charge is 2.16. The second-order valence-electron chi connectivity index (χ2n) is 3.63. The van der Waals surface area contributed by atoms with Crippen molar-refractivity contribution in [1.82, 2.24) is 0 Å². The van der Waals surface area contributed by atoms with Crippen LogP contribution in [-0.2, 0) is 0 Å². The van der Waals surface area contributed by atoms with E-state index in [2.05, 4.69) is 72.9 Å². The maximum absolute atomic E-state index is 6.06. The largest absolute Gasteiger partial charge is 0.130 e. The minimum atomic E-state index is 0.185. The Hall–Kier alpha value is 0.650. The van der Waals surface area contributed by atoms with E-state index in [1.165, 1.54) is 16.0 Å².